The van der Waals surface area contributed by atoms with E-state index in [1.165, 1.54) is 5.56 Å². The normalized spacial score (nSPS) is 18.2. The SMILES string of the molecule is Cc1ccc([C@H]2CC(=O)C3=C(C2)Nc2ccccc2N(C(=O)/C=C/c2ccccc2)[C@@H]3c2ccc(OC(C)C)cc2)cc1. The Labute approximate surface area is 253 Å². The van der Waals surface area contributed by atoms with Crippen molar-refractivity contribution >= 4 is 29.1 Å². The van der Waals surface area contributed by atoms with Crippen LogP contribution in [-0.2, 0) is 9.59 Å². The molecular formula is C38H36N2O3. The van der Waals surface area contributed by atoms with E-state index < -0.39 is 6.04 Å². The predicted octanol–water partition coefficient (Wildman–Crippen LogP) is 8.40. The van der Waals surface area contributed by atoms with Crippen LogP contribution >= 0.6 is 0 Å². The van der Waals surface area contributed by atoms with Gasteiger partial charge in [0.15, 0.2) is 5.78 Å². The molecule has 4 aromatic rings. The molecule has 1 aliphatic carbocycles. The maximum absolute atomic E-state index is 14.2. The Morgan fingerprint density at radius 3 is 2.26 bits per heavy atom. The summed E-state index contributed by atoms with van der Waals surface area (Å²) in [5.74, 6) is 0.642. The summed E-state index contributed by atoms with van der Waals surface area (Å²) in [4.78, 5) is 30.3. The van der Waals surface area contributed by atoms with Crippen LogP contribution < -0.4 is 15.0 Å². The minimum Gasteiger partial charge on any atom is -0.491 e. The average molecular weight is 569 g/mol. The van der Waals surface area contributed by atoms with Crippen molar-refractivity contribution in [3.63, 3.8) is 0 Å². The summed E-state index contributed by atoms with van der Waals surface area (Å²) in [6.07, 6.45) is 4.52. The number of Topliss-reactive ketones (excluding diaryl/α,β-unsaturated/α-hetero) is 1. The maximum atomic E-state index is 14.2. The average Bonchev–Trinajstić information content (AvgIpc) is 3.16. The highest BCUT2D eigenvalue weighted by molar-refractivity contribution is 6.10. The van der Waals surface area contributed by atoms with Crippen molar-refractivity contribution in [2.75, 3.05) is 10.2 Å². The quantitative estimate of drug-likeness (QED) is 0.237. The molecule has 0 unspecified atom stereocenters. The first-order valence-corrected chi connectivity index (χ1v) is 14.9. The van der Waals surface area contributed by atoms with Crippen LogP contribution in [0.2, 0.25) is 0 Å². The third kappa shape index (κ3) is 6.02. The summed E-state index contributed by atoms with van der Waals surface area (Å²) in [5.41, 5.74) is 7.15. The lowest BCUT2D eigenvalue weighted by atomic mass is 9.78. The van der Waals surface area contributed by atoms with Crippen LogP contribution in [-0.4, -0.2) is 17.8 Å². The van der Waals surface area contributed by atoms with Crippen LogP contribution in [0.4, 0.5) is 11.4 Å². The van der Waals surface area contributed by atoms with Crippen molar-refractivity contribution in [2.45, 2.75) is 51.7 Å². The molecule has 6 rings (SSSR count). The van der Waals surface area contributed by atoms with Crippen molar-refractivity contribution in [1.82, 2.24) is 0 Å². The van der Waals surface area contributed by atoms with Gasteiger partial charge in [0.2, 0.25) is 0 Å². The van der Waals surface area contributed by atoms with E-state index in [2.05, 4.69) is 36.5 Å². The first-order chi connectivity index (χ1) is 20.9. The van der Waals surface area contributed by atoms with Crippen LogP contribution in [0.25, 0.3) is 6.08 Å². The van der Waals surface area contributed by atoms with Crippen LogP contribution in [0, 0.1) is 6.92 Å². The zero-order valence-electron chi connectivity index (χ0n) is 24.8. The van der Waals surface area contributed by atoms with E-state index in [0.29, 0.717) is 18.4 Å². The molecule has 1 N–H and O–H groups in total. The number of allylic oxidation sites excluding steroid dienone is 1. The third-order valence-electron chi connectivity index (χ3n) is 8.06. The molecule has 43 heavy (non-hydrogen) atoms. The largest absolute Gasteiger partial charge is 0.491 e. The number of benzene rings is 4. The highest BCUT2D eigenvalue weighted by Crippen LogP contribution is 2.47. The Hall–Kier alpha value is -4.90. The van der Waals surface area contributed by atoms with Crippen LogP contribution in [0.1, 0.15) is 60.9 Å². The zero-order valence-corrected chi connectivity index (χ0v) is 24.8. The smallest absolute Gasteiger partial charge is 0.251 e. The number of para-hydroxylation sites is 2. The summed E-state index contributed by atoms with van der Waals surface area (Å²) >= 11 is 0. The molecule has 1 heterocycles. The van der Waals surface area contributed by atoms with E-state index in [1.54, 1.807) is 11.0 Å². The molecule has 5 nitrogen and oxygen atoms in total. The number of hydrogen-bond donors (Lipinski definition) is 1. The van der Waals surface area contributed by atoms with Crippen molar-refractivity contribution in [1.29, 1.82) is 0 Å². The Morgan fingerprint density at radius 1 is 0.860 bits per heavy atom. The lowest BCUT2D eigenvalue weighted by molar-refractivity contribution is -0.116. The van der Waals surface area contributed by atoms with E-state index in [-0.39, 0.29) is 23.7 Å². The lowest BCUT2D eigenvalue weighted by Crippen LogP contribution is -2.37. The van der Waals surface area contributed by atoms with Gasteiger partial charge in [-0.25, -0.2) is 0 Å². The summed E-state index contributed by atoms with van der Waals surface area (Å²) in [5, 5.41) is 3.61. The van der Waals surface area contributed by atoms with Gasteiger partial charge in [-0.05, 0) is 80.1 Å². The Morgan fingerprint density at radius 2 is 1.53 bits per heavy atom. The van der Waals surface area contributed by atoms with Gasteiger partial charge in [-0.2, -0.15) is 0 Å². The monoisotopic (exact) mass is 568 g/mol. The highest BCUT2D eigenvalue weighted by atomic mass is 16.5. The number of nitrogens with one attached hydrogen (secondary N) is 1. The van der Waals surface area contributed by atoms with Gasteiger partial charge in [0.05, 0.1) is 23.5 Å². The van der Waals surface area contributed by atoms with Gasteiger partial charge in [-0.15, -0.1) is 0 Å². The third-order valence-corrected chi connectivity index (χ3v) is 8.06. The Bertz CT molecular complexity index is 1690. The first kappa shape index (κ1) is 28.2. The summed E-state index contributed by atoms with van der Waals surface area (Å²) in [6.45, 7) is 6.05. The van der Waals surface area contributed by atoms with Crippen LogP contribution in [0.3, 0.4) is 0 Å². The van der Waals surface area contributed by atoms with Gasteiger partial charge < -0.3 is 10.1 Å². The molecule has 216 valence electrons. The summed E-state index contributed by atoms with van der Waals surface area (Å²) in [7, 11) is 0. The van der Waals surface area contributed by atoms with E-state index in [1.807, 2.05) is 98.8 Å². The first-order valence-electron chi connectivity index (χ1n) is 14.9. The molecule has 0 saturated heterocycles. The molecular weight excluding hydrogens is 532 g/mol. The van der Waals surface area contributed by atoms with Gasteiger partial charge in [-0.3, -0.25) is 14.5 Å². The molecule has 0 bridgehead atoms. The second-order valence-electron chi connectivity index (χ2n) is 11.6. The topological polar surface area (TPSA) is 58.6 Å². The number of aryl methyl sites for hydroxylation is 1. The second kappa shape index (κ2) is 12.1. The molecule has 1 aliphatic heterocycles. The number of nitrogens with zero attached hydrogens (tertiary/aromatic N) is 1. The molecule has 2 aliphatic rings. The molecule has 5 heteroatoms. The predicted molar refractivity (Wildman–Crippen MR) is 173 cm³/mol. The highest BCUT2D eigenvalue weighted by Gasteiger charge is 2.41. The fraction of sp³-hybridized carbons (Fsp3) is 0.211. The van der Waals surface area contributed by atoms with Gasteiger partial charge in [0.25, 0.3) is 5.91 Å². The fourth-order valence-electron chi connectivity index (χ4n) is 6.04. The maximum Gasteiger partial charge on any atom is 0.251 e. The lowest BCUT2D eigenvalue weighted by Gasteiger charge is -2.34. The number of carbonyl (C=O) groups excluding carboxylic acids is 2. The standard InChI is InChI=1S/C38H36N2O3/c1-25(2)43-31-20-18-29(19-21-31)38-37-33(23-30(24-35(37)41)28-16-13-26(3)14-17-28)39-32-11-7-8-12-34(32)40(38)36(42)22-15-27-9-5-4-6-10-27/h4-22,25,30,38-39H,23-24H2,1-3H3/b22-15+/t30-,38-/m1/s1. The van der Waals surface area contributed by atoms with E-state index in [0.717, 1.165) is 39.5 Å². The number of hydrogen-bond acceptors (Lipinski definition) is 4. The molecule has 0 aromatic heterocycles. The van der Waals surface area contributed by atoms with Gasteiger partial charge in [-0.1, -0.05) is 84.4 Å². The Balaban J connectivity index is 1.49. The number of ether oxygens (including phenoxy) is 1. The number of anilines is 2. The van der Waals surface area contributed by atoms with E-state index >= 15 is 0 Å². The molecule has 0 radical (unpaired) electrons. The molecule has 4 aromatic carbocycles. The molecule has 0 saturated carbocycles. The minimum absolute atomic E-state index is 0.0361. The second-order valence-corrected chi connectivity index (χ2v) is 11.6. The number of fused-ring (bicyclic) bond motifs is 1. The fourth-order valence-corrected chi connectivity index (χ4v) is 6.04. The van der Waals surface area contributed by atoms with Crippen LogP contribution in [0.15, 0.2) is 120 Å². The Kier molecular flexibility index (Phi) is 7.97. The number of amides is 1. The van der Waals surface area contributed by atoms with Gasteiger partial charge in [0, 0.05) is 23.8 Å². The van der Waals surface area contributed by atoms with Gasteiger partial charge in [0.1, 0.15) is 5.75 Å². The molecule has 0 spiro atoms. The summed E-state index contributed by atoms with van der Waals surface area (Å²) < 4.78 is 5.92. The number of ketones is 1. The number of carbonyl (C=O) groups is 2. The summed E-state index contributed by atoms with van der Waals surface area (Å²) in [6, 6.07) is 33.2. The molecule has 2 atom stereocenters. The van der Waals surface area contributed by atoms with Crippen molar-refractivity contribution in [2.24, 2.45) is 0 Å². The van der Waals surface area contributed by atoms with Crippen molar-refractivity contribution in [3.05, 3.63) is 143 Å². The molecule has 1 amide bonds. The van der Waals surface area contributed by atoms with E-state index in [9.17, 15) is 9.59 Å². The molecule has 0 fully saturated rings. The number of rotatable bonds is 6. The van der Waals surface area contributed by atoms with E-state index in [4.69, 9.17) is 4.74 Å². The van der Waals surface area contributed by atoms with Crippen molar-refractivity contribution in [3.8, 4) is 5.75 Å². The van der Waals surface area contributed by atoms with Crippen molar-refractivity contribution < 1.29 is 14.3 Å². The van der Waals surface area contributed by atoms with Gasteiger partial charge >= 0.3 is 0 Å². The minimum atomic E-state index is -0.612. The van der Waals surface area contributed by atoms with Crippen LogP contribution in [0.5, 0.6) is 5.75 Å². The zero-order chi connectivity index (χ0) is 29.9.